The van der Waals surface area contributed by atoms with E-state index in [-0.39, 0.29) is 0 Å². The molecule has 2 heterocycles. The lowest BCUT2D eigenvalue weighted by Crippen LogP contribution is -2.42. The molecule has 3 nitrogen and oxygen atoms in total. The Morgan fingerprint density at radius 3 is 1.22 bits per heavy atom. The van der Waals surface area contributed by atoms with Gasteiger partial charge in [-0.25, -0.2) is 0 Å². The van der Waals surface area contributed by atoms with Crippen molar-refractivity contribution in [3.8, 4) is 0 Å². The SMILES string of the molecule is C1CC[C@@H]2CCCC2C1.C1CC[C@@H]2NCCC[C@@H]2C1.C1CC[C@H]2CCC[C@H]2C1.C1CC[C@H]2OCO[C@H]2C1. The second-order valence-corrected chi connectivity index (χ2v) is 14.0. The van der Waals surface area contributed by atoms with Crippen LogP contribution in [-0.2, 0) is 9.47 Å². The van der Waals surface area contributed by atoms with E-state index in [1.807, 2.05) is 0 Å². The number of rotatable bonds is 0. The predicted molar refractivity (Wildman–Crippen MR) is 155 cm³/mol. The Morgan fingerprint density at radius 1 is 0.351 bits per heavy atom. The molecule has 37 heavy (non-hydrogen) atoms. The van der Waals surface area contributed by atoms with Crippen molar-refractivity contribution >= 4 is 0 Å². The zero-order valence-electron chi connectivity index (χ0n) is 24.3. The fourth-order valence-electron chi connectivity index (χ4n) is 9.51. The van der Waals surface area contributed by atoms with Crippen molar-refractivity contribution in [3.05, 3.63) is 0 Å². The number of nitrogens with one attached hydrogen (secondary N) is 1. The zero-order valence-corrected chi connectivity index (χ0v) is 24.3. The van der Waals surface area contributed by atoms with E-state index in [9.17, 15) is 0 Å². The molecule has 0 aromatic heterocycles. The molecule has 0 aromatic rings. The number of fused-ring (bicyclic) bond motifs is 4. The minimum atomic E-state index is 0.443. The number of piperidine rings is 1. The van der Waals surface area contributed by atoms with Gasteiger partial charge >= 0.3 is 0 Å². The van der Waals surface area contributed by atoms with Crippen LogP contribution >= 0.6 is 0 Å². The minimum absolute atomic E-state index is 0.443. The van der Waals surface area contributed by atoms with Gasteiger partial charge in [0, 0.05) is 6.04 Å². The van der Waals surface area contributed by atoms with E-state index in [0.29, 0.717) is 19.0 Å². The maximum atomic E-state index is 5.33. The Bertz CT molecular complexity index is 501. The number of ether oxygens (including phenoxy) is 2. The largest absolute Gasteiger partial charge is 0.349 e. The standard InChI is InChI=1S/C9H17N.2C9H16.C7H12O2/c1-2-6-9-8(4-1)5-3-7-10-9;2*1-2-5-9-7-3-6-8(9)4-1;1-2-4-7-6(3-1)8-5-9-7/h8-10H,1-7H2;2*8-9H,1-7H2;6-7H,1-5H2/t8-,9-;8-,9?;8-,9+;6-,7+/m01../s1. The summed E-state index contributed by atoms with van der Waals surface area (Å²) in [5, 5.41) is 3.62. The van der Waals surface area contributed by atoms with Crippen LogP contribution in [-0.4, -0.2) is 31.6 Å². The summed E-state index contributed by atoms with van der Waals surface area (Å²) in [7, 11) is 0. The zero-order chi connectivity index (χ0) is 25.1. The van der Waals surface area contributed by atoms with Crippen LogP contribution in [0.25, 0.3) is 0 Å². The molecule has 0 amide bonds. The summed E-state index contributed by atoms with van der Waals surface area (Å²) in [5.74, 6) is 5.71. The third-order valence-corrected chi connectivity index (χ3v) is 11.7. The fourth-order valence-corrected chi connectivity index (χ4v) is 9.51. The molecule has 0 aromatic carbocycles. The lowest BCUT2D eigenvalue weighted by molar-refractivity contribution is 0.0396. The maximum Gasteiger partial charge on any atom is 0.147 e. The molecule has 0 radical (unpaired) electrons. The average Bonchev–Trinajstić information content (AvgIpc) is 3.75. The first kappa shape index (κ1) is 28.4. The summed E-state index contributed by atoms with van der Waals surface area (Å²) >= 11 is 0. The average molecular weight is 516 g/mol. The van der Waals surface area contributed by atoms with Crippen LogP contribution < -0.4 is 5.32 Å². The Kier molecular flexibility index (Phi) is 12.0. The molecule has 2 aliphatic heterocycles. The molecular formula is C34H61NO2. The summed E-state index contributed by atoms with van der Waals surface area (Å²) in [6, 6.07) is 0.905. The van der Waals surface area contributed by atoms with Crippen molar-refractivity contribution < 1.29 is 9.47 Å². The molecule has 8 atom stereocenters. The van der Waals surface area contributed by atoms with Gasteiger partial charge in [-0.05, 0) is 74.7 Å². The van der Waals surface area contributed by atoms with E-state index < -0.39 is 0 Å². The molecule has 0 bridgehead atoms. The normalized spacial score (nSPS) is 42.2. The van der Waals surface area contributed by atoms with Crippen molar-refractivity contribution in [2.45, 2.75) is 172 Å². The molecule has 1 N–H and O–H groups in total. The maximum absolute atomic E-state index is 5.33. The Hall–Kier alpha value is -0.120. The summed E-state index contributed by atoms with van der Waals surface area (Å²) in [4.78, 5) is 0. The molecule has 6 saturated carbocycles. The molecule has 2 saturated heterocycles. The Balaban J connectivity index is 0.000000101. The van der Waals surface area contributed by atoms with E-state index in [1.165, 1.54) is 133 Å². The first-order chi connectivity index (χ1) is 18.4. The van der Waals surface area contributed by atoms with E-state index in [0.717, 1.165) is 12.0 Å². The quantitative estimate of drug-likeness (QED) is 0.349. The molecule has 8 rings (SSSR count). The van der Waals surface area contributed by atoms with Gasteiger partial charge in [-0.2, -0.15) is 0 Å². The summed E-state index contributed by atoms with van der Waals surface area (Å²) in [6.45, 7) is 1.82. The van der Waals surface area contributed by atoms with Gasteiger partial charge in [0.15, 0.2) is 0 Å². The molecule has 214 valence electrons. The highest BCUT2D eigenvalue weighted by Crippen LogP contribution is 2.42. The van der Waals surface area contributed by atoms with E-state index in [4.69, 9.17) is 9.47 Å². The van der Waals surface area contributed by atoms with Crippen LogP contribution in [0.5, 0.6) is 0 Å². The highest BCUT2D eigenvalue weighted by Gasteiger charge is 2.31. The summed E-state index contributed by atoms with van der Waals surface area (Å²) in [6.07, 6.45) is 36.4. The second kappa shape index (κ2) is 15.6. The molecular weight excluding hydrogens is 454 g/mol. The van der Waals surface area contributed by atoms with Crippen molar-refractivity contribution in [1.29, 1.82) is 0 Å². The van der Waals surface area contributed by atoms with Crippen LogP contribution in [0.2, 0.25) is 0 Å². The molecule has 8 fully saturated rings. The Morgan fingerprint density at radius 2 is 0.730 bits per heavy atom. The molecule has 8 aliphatic rings. The van der Waals surface area contributed by atoms with Gasteiger partial charge in [-0.3, -0.25) is 0 Å². The second-order valence-electron chi connectivity index (χ2n) is 14.0. The van der Waals surface area contributed by atoms with Gasteiger partial charge in [0.25, 0.3) is 0 Å². The van der Waals surface area contributed by atoms with Crippen molar-refractivity contribution in [1.82, 2.24) is 5.32 Å². The van der Waals surface area contributed by atoms with Crippen LogP contribution in [0, 0.1) is 29.6 Å². The van der Waals surface area contributed by atoms with Gasteiger partial charge in [0.2, 0.25) is 0 Å². The summed E-state index contributed by atoms with van der Waals surface area (Å²) < 4.78 is 10.7. The predicted octanol–water partition coefficient (Wildman–Crippen LogP) is 9.18. The molecule has 1 unspecified atom stereocenters. The third kappa shape index (κ3) is 8.68. The highest BCUT2D eigenvalue weighted by atomic mass is 16.7. The Labute approximate surface area is 230 Å². The fraction of sp³-hybridized carbons (Fsp3) is 1.00. The lowest BCUT2D eigenvalue weighted by Gasteiger charge is -2.36. The molecule has 0 spiro atoms. The van der Waals surface area contributed by atoms with Gasteiger partial charge < -0.3 is 14.8 Å². The first-order valence-electron chi connectivity index (χ1n) is 17.3. The monoisotopic (exact) mass is 515 g/mol. The molecule has 3 heteroatoms. The van der Waals surface area contributed by atoms with Crippen molar-refractivity contribution in [2.75, 3.05) is 13.3 Å². The number of hydrogen-bond acceptors (Lipinski definition) is 3. The summed E-state index contributed by atoms with van der Waals surface area (Å²) in [5.41, 5.74) is 0. The van der Waals surface area contributed by atoms with Crippen LogP contribution in [0.4, 0.5) is 0 Å². The van der Waals surface area contributed by atoms with Crippen LogP contribution in [0.3, 0.4) is 0 Å². The van der Waals surface area contributed by atoms with Crippen LogP contribution in [0.15, 0.2) is 0 Å². The van der Waals surface area contributed by atoms with Gasteiger partial charge in [-0.1, -0.05) is 116 Å². The van der Waals surface area contributed by atoms with E-state index >= 15 is 0 Å². The number of hydrogen-bond donors (Lipinski definition) is 1. The highest BCUT2D eigenvalue weighted by molar-refractivity contribution is 4.84. The minimum Gasteiger partial charge on any atom is -0.349 e. The van der Waals surface area contributed by atoms with Crippen molar-refractivity contribution in [2.24, 2.45) is 29.6 Å². The smallest absolute Gasteiger partial charge is 0.147 e. The van der Waals surface area contributed by atoms with Gasteiger partial charge in [0.05, 0.1) is 12.2 Å². The van der Waals surface area contributed by atoms with E-state index in [1.54, 1.807) is 51.4 Å². The molecule has 6 aliphatic carbocycles. The lowest BCUT2D eigenvalue weighted by atomic mass is 9.80. The topological polar surface area (TPSA) is 30.5 Å². The van der Waals surface area contributed by atoms with Gasteiger partial charge in [0.1, 0.15) is 6.79 Å². The van der Waals surface area contributed by atoms with Gasteiger partial charge in [-0.15, -0.1) is 0 Å². The third-order valence-electron chi connectivity index (χ3n) is 11.7. The van der Waals surface area contributed by atoms with Crippen molar-refractivity contribution in [3.63, 3.8) is 0 Å². The van der Waals surface area contributed by atoms with E-state index in [2.05, 4.69) is 5.32 Å². The first-order valence-corrected chi connectivity index (χ1v) is 17.3. The van der Waals surface area contributed by atoms with Crippen LogP contribution in [0.1, 0.15) is 154 Å².